The summed E-state index contributed by atoms with van der Waals surface area (Å²) in [6.45, 7) is 19.9. The van der Waals surface area contributed by atoms with Crippen molar-refractivity contribution in [2.45, 2.75) is 125 Å². The minimum atomic E-state index is 0.262. The maximum absolute atomic E-state index is 6.20. The average Bonchev–Trinajstić information content (AvgIpc) is 3.42. The first kappa shape index (κ1) is 24.1. The van der Waals surface area contributed by atoms with Crippen LogP contribution in [0.5, 0.6) is 0 Å². The zero-order valence-electron chi connectivity index (χ0n) is 23.0. The zero-order chi connectivity index (χ0) is 24.0. The topological polar surface area (TPSA) is 21.8 Å². The number of fused-ring (bicyclic) bond motifs is 4. The molecule has 0 bridgehead atoms. The second-order valence-corrected chi connectivity index (χ2v) is 14.1. The van der Waals surface area contributed by atoms with Crippen LogP contribution in [-0.2, 0) is 9.47 Å². The third-order valence-corrected chi connectivity index (χ3v) is 12.3. The highest BCUT2D eigenvalue weighted by Crippen LogP contribution is 2.72. The minimum Gasteiger partial charge on any atom is -0.381 e. The molecule has 1 heterocycles. The Balaban J connectivity index is 1.46. The molecule has 1 aliphatic heterocycles. The van der Waals surface area contributed by atoms with Gasteiger partial charge in [0.1, 0.15) is 6.10 Å². The maximum Gasteiger partial charge on any atom is 0.103 e. The molecule has 1 saturated heterocycles. The smallest absolute Gasteiger partial charge is 0.103 e. The summed E-state index contributed by atoms with van der Waals surface area (Å²) in [6.07, 6.45) is 14.2. The van der Waals surface area contributed by atoms with Gasteiger partial charge in [-0.25, -0.2) is 0 Å². The van der Waals surface area contributed by atoms with Gasteiger partial charge in [-0.15, -0.1) is 0 Å². The number of allylic oxidation sites excluding steroid dienone is 3. The average molecular weight is 455 g/mol. The van der Waals surface area contributed by atoms with E-state index in [9.17, 15) is 0 Å². The van der Waals surface area contributed by atoms with Gasteiger partial charge in [0, 0.05) is 7.11 Å². The van der Waals surface area contributed by atoms with Crippen molar-refractivity contribution in [3.8, 4) is 0 Å². The predicted octanol–water partition coefficient (Wildman–Crippen LogP) is 8.12. The first-order chi connectivity index (χ1) is 15.4. The van der Waals surface area contributed by atoms with E-state index in [1.807, 2.05) is 18.3 Å². The van der Waals surface area contributed by atoms with Crippen molar-refractivity contribution >= 4 is 0 Å². The highest BCUT2D eigenvalue weighted by Gasteiger charge is 2.64. The Kier molecular flexibility index (Phi) is 5.62. The molecule has 5 rings (SSSR count). The van der Waals surface area contributed by atoms with Gasteiger partial charge in [-0.2, -0.15) is 0 Å². The molecule has 0 aromatic rings. The molecular formula is C31H50O2. The molecule has 33 heavy (non-hydrogen) atoms. The summed E-state index contributed by atoms with van der Waals surface area (Å²) in [6, 6.07) is 0. The first-order valence-corrected chi connectivity index (χ1v) is 14.0. The van der Waals surface area contributed by atoms with Gasteiger partial charge in [0.05, 0.1) is 12.2 Å². The molecule has 0 N–H and O–H groups in total. The number of rotatable bonds is 4. The van der Waals surface area contributed by atoms with Crippen molar-refractivity contribution in [3.05, 3.63) is 22.8 Å². The van der Waals surface area contributed by atoms with Crippen LogP contribution in [0.2, 0.25) is 0 Å². The van der Waals surface area contributed by atoms with E-state index in [1.165, 1.54) is 56.9 Å². The molecule has 4 aliphatic carbocycles. The van der Waals surface area contributed by atoms with Crippen LogP contribution in [0.3, 0.4) is 0 Å². The third kappa shape index (κ3) is 3.25. The van der Waals surface area contributed by atoms with Crippen LogP contribution in [0, 0.1) is 39.4 Å². The van der Waals surface area contributed by atoms with Gasteiger partial charge in [-0.1, -0.05) is 64.3 Å². The summed E-state index contributed by atoms with van der Waals surface area (Å²) >= 11 is 0. The standard InChI is InChI=1S/C31H50O2/c1-19(2)18-24-27(33-24)20(3)21-12-16-31(8)23-10-11-25-28(4,5)26(32-9)14-15-29(25,6)22(23)13-17-30(21,31)7/h18,20-21,24-27H,10-17H2,1-9H3/t20-,21+,24+,25-,26-,27+,29+,30+,31-/m0/s1. The SMILES string of the molecule is CO[C@H]1CC[C@]2(C)C3=C(CC[C@H]2C1(C)C)[C@]1(C)CC[C@H]([C@H](C)[C@H]2O[C@@H]2C=C(C)C)[C@@]1(C)CC3. The Bertz CT molecular complexity index is 862. The molecule has 2 nitrogen and oxygen atoms in total. The lowest BCUT2D eigenvalue weighted by Gasteiger charge is -2.62. The minimum absolute atomic E-state index is 0.262. The first-order valence-electron chi connectivity index (χ1n) is 14.0. The fraction of sp³-hybridized carbons (Fsp3) is 0.871. The molecule has 186 valence electrons. The Labute approximate surface area is 204 Å². The molecule has 0 radical (unpaired) electrons. The van der Waals surface area contributed by atoms with Gasteiger partial charge in [0.15, 0.2) is 0 Å². The van der Waals surface area contributed by atoms with Gasteiger partial charge in [0.25, 0.3) is 0 Å². The molecule has 0 unspecified atom stereocenters. The van der Waals surface area contributed by atoms with Crippen molar-refractivity contribution in [3.63, 3.8) is 0 Å². The van der Waals surface area contributed by atoms with Crippen molar-refractivity contribution in [1.82, 2.24) is 0 Å². The summed E-state index contributed by atoms with van der Waals surface area (Å²) in [5.74, 6) is 2.18. The van der Waals surface area contributed by atoms with E-state index in [4.69, 9.17) is 9.47 Å². The molecule has 0 aromatic carbocycles. The summed E-state index contributed by atoms with van der Waals surface area (Å²) in [5, 5.41) is 0. The van der Waals surface area contributed by atoms with E-state index in [-0.39, 0.29) is 5.41 Å². The number of hydrogen-bond donors (Lipinski definition) is 0. The number of methoxy groups -OCH3 is 1. The quantitative estimate of drug-likeness (QED) is 0.316. The molecule has 0 aromatic heterocycles. The summed E-state index contributed by atoms with van der Waals surface area (Å²) < 4.78 is 12.2. The summed E-state index contributed by atoms with van der Waals surface area (Å²) in [5.41, 5.74) is 6.59. The second kappa shape index (κ2) is 7.70. The number of epoxide rings is 1. The highest BCUT2D eigenvalue weighted by atomic mass is 16.6. The van der Waals surface area contributed by atoms with Crippen LogP contribution in [0.4, 0.5) is 0 Å². The largest absolute Gasteiger partial charge is 0.381 e. The molecule has 2 saturated carbocycles. The van der Waals surface area contributed by atoms with E-state index in [0.717, 1.165) is 11.8 Å². The number of ether oxygens (including phenoxy) is 2. The van der Waals surface area contributed by atoms with E-state index in [1.54, 1.807) is 0 Å². The molecule has 0 spiro atoms. The lowest BCUT2D eigenvalue weighted by Crippen LogP contribution is -2.55. The normalized spacial score (nSPS) is 49.1. The monoisotopic (exact) mass is 454 g/mol. The van der Waals surface area contributed by atoms with Gasteiger partial charge < -0.3 is 9.47 Å². The zero-order valence-corrected chi connectivity index (χ0v) is 23.0. The van der Waals surface area contributed by atoms with Crippen molar-refractivity contribution < 1.29 is 9.47 Å². The predicted molar refractivity (Wildman–Crippen MR) is 137 cm³/mol. The van der Waals surface area contributed by atoms with Gasteiger partial charge in [0.2, 0.25) is 0 Å². The van der Waals surface area contributed by atoms with Crippen molar-refractivity contribution in [1.29, 1.82) is 0 Å². The van der Waals surface area contributed by atoms with Crippen LogP contribution in [0.25, 0.3) is 0 Å². The van der Waals surface area contributed by atoms with Crippen molar-refractivity contribution in [2.75, 3.05) is 7.11 Å². The third-order valence-electron chi connectivity index (χ3n) is 12.3. The molecule has 3 fully saturated rings. The lowest BCUT2D eigenvalue weighted by atomic mass is 9.43. The molecule has 0 amide bonds. The Hall–Kier alpha value is -0.600. The Morgan fingerprint density at radius 1 is 0.970 bits per heavy atom. The van der Waals surface area contributed by atoms with Crippen LogP contribution < -0.4 is 0 Å². The van der Waals surface area contributed by atoms with E-state index in [2.05, 4.69) is 61.5 Å². The molecular weight excluding hydrogens is 404 g/mol. The highest BCUT2D eigenvalue weighted by molar-refractivity contribution is 5.39. The van der Waals surface area contributed by atoms with Crippen LogP contribution in [0.15, 0.2) is 22.8 Å². The van der Waals surface area contributed by atoms with E-state index < -0.39 is 0 Å². The second-order valence-electron chi connectivity index (χ2n) is 14.1. The van der Waals surface area contributed by atoms with Crippen molar-refractivity contribution in [2.24, 2.45) is 39.4 Å². The number of hydrogen-bond acceptors (Lipinski definition) is 2. The molecule has 5 aliphatic rings. The van der Waals surface area contributed by atoms with Crippen LogP contribution in [-0.4, -0.2) is 25.4 Å². The van der Waals surface area contributed by atoms with E-state index in [0.29, 0.717) is 40.5 Å². The fourth-order valence-corrected chi connectivity index (χ4v) is 10.2. The van der Waals surface area contributed by atoms with Crippen LogP contribution >= 0.6 is 0 Å². The fourth-order valence-electron chi connectivity index (χ4n) is 10.2. The Morgan fingerprint density at radius 2 is 1.70 bits per heavy atom. The molecule has 2 heteroatoms. The lowest BCUT2D eigenvalue weighted by molar-refractivity contribution is -0.112. The van der Waals surface area contributed by atoms with E-state index >= 15 is 0 Å². The van der Waals surface area contributed by atoms with Gasteiger partial charge in [-0.3, -0.25) is 0 Å². The maximum atomic E-state index is 6.20. The summed E-state index contributed by atoms with van der Waals surface area (Å²) in [7, 11) is 1.93. The molecule has 9 atom stereocenters. The van der Waals surface area contributed by atoms with Gasteiger partial charge >= 0.3 is 0 Å². The Morgan fingerprint density at radius 3 is 2.36 bits per heavy atom. The van der Waals surface area contributed by atoms with Gasteiger partial charge in [-0.05, 0) is 105 Å². The van der Waals surface area contributed by atoms with Crippen LogP contribution in [0.1, 0.15) is 107 Å². The summed E-state index contributed by atoms with van der Waals surface area (Å²) in [4.78, 5) is 0.